The van der Waals surface area contributed by atoms with Crippen LogP contribution in [0.1, 0.15) is 30.4 Å². The number of nitrogens with one attached hydrogen (secondary N) is 2. The number of anilines is 3. The smallest absolute Gasteiger partial charge is 0.418 e. The molecule has 0 saturated carbocycles. The second-order valence-electron chi connectivity index (χ2n) is 7.15. The molecule has 2 aliphatic rings. The molecule has 0 unspecified atom stereocenters. The molecule has 2 aliphatic heterocycles. The average Bonchev–Trinajstić information content (AvgIpc) is 2.95. The Labute approximate surface area is 161 Å². The molecule has 1 fully saturated rings. The normalized spacial score (nSPS) is 21.2. The van der Waals surface area contributed by atoms with Gasteiger partial charge in [0.2, 0.25) is 5.88 Å². The highest BCUT2D eigenvalue weighted by atomic mass is 19.4. The minimum Gasteiger partial charge on any atom is -0.476 e. The van der Waals surface area contributed by atoms with Crippen LogP contribution < -0.4 is 20.3 Å². The Hall–Kier alpha value is -2.48. The van der Waals surface area contributed by atoms with E-state index >= 15 is 0 Å². The molecule has 3 heterocycles. The molecule has 8 heteroatoms. The minimum atomic E-state index is -4.44. The van der Waals surface area contributed by atoms with Crippen molar-refractivity contribution >= 4 is 17.1 Å². The number of rotatable bonds is 4. The highest BCUT2D eigenvalue weighted by Crippen LogP contribution is 2.50. The number of nitrogens with zero attached hydrogens (tertiary/aromatic N) is 2. The molecule has 1 saturated heterocycles. The van der Waals surface area contributed by atoms with Gasteiger partial charge in [0.05, 0.1) is 17.9 Å². The number of likely N-dealkylation sites (N-methyl/N-ethyl adjacent to an activating group) is 1. The van der Waals surface area contributed by atoms with Crippen LogP contribution in [-0.4, -0.2) is 37.8 Å². The first kappa shape index (κ1) is 18.9. The van der Waals surface area contributed by atoms with E-state index in [9.17, 15) is 13.2 Å². The Morgan fingerprint density at radius 1 is 1.36 bits per heavy atom. The molecule has 150 valence electrons. The number of aromatic nitrogens is 1. The van der Waals surface area contributed by atoms with Gasteiger partial charge in [0.25, 0.3) is 0 Å². The topological polar surface area (TPSA) is 49.4 Å². The second kappa shape index (κ2) is 7.16. The third kappa shape index (κ3) is 3.26. The molecule has 4 rings (SSSR count). The third-order valence-electron chi connectivity index (χ3n) is 5.47. The van der Waals surface area contributed by atoms with Crippen LogP contribution in [0, 0.1) is 0 Å². The maximum Gasteiger partial charge on any atom is 0.418 e. The number of hydrogen-bond donors (Lipinski definition) is 2. The molecule has 2 atom stereocenters. The van der Waals surface area contributed by atoms with Crippen LogP contribution in [-0.2, 0) is 6.18 Å². The van der Waals surface area contributed by atoms with Crippen molar-refractivity contribution in [1.82, 2.24) is 10.3 Å². The van der Waals surface area contributed by atoms with E-state index < -0.39 is 11.7 Å². The number of hydrogen-bond acceptors (Lipinski definition) is 5. The Kier molecular flexibility index (Phi) is 4.82. The highest BCUT2D eigenvalue weighted by molar-refractivity contribution is 5.75. The lowest BCUT2D eigenvalue weighted by Gasteiger charge is -2.31. The summed E-state index contributed by atoms with van der Waals surface area (Å²) in [6.07, 6.45) is -2.02. The molecule has 28 heavy (non-hydrogen) atoms. The van der Waals surface area contributed by atoms with Crippen LogP contribution in [0.15, 0.2) is 30.5 Å². The van der Waals surface area contributed by atoms with Gasteiger partial charge in [-0.15, -0.1) is 0 Å². The molecule has 5 nitrogen and oxygen atoms in total. The van der Waals surface area contributed by atoms with Gasteiger partial charge in [-0.25, -0.2) is 4.98 Å². The molecule has 0 amide bonds. The van der Waals surface area contributed by atoms with Crippen molar-refractivity contribution < 1.29 is 17.9 Å². The first-order chi connectivity index (χ1) is 13.4. The number of halogens is 3. The van der Waals surface area contributed by atoms with Crippen LogP contribution in [0.5, 0.6) is 5.88 Å². The number of pyridine rings is 1. The summed E-state index contributed by atoms with van der Waals surface area (Å²) in [5, 5.41) is 6.40. The van der Waals surface area contributed by atoms with Gasteiger partial charge < -0.3 is 20.3 Å². The van der Waals surface area contributed by atoms with E-state index in [1.807, 2.05) is 17.9 Å². The molecule has 0 spiro atoms. The summed E-state index contributed by atoms with van der Waals surface area (Å²) >= 11 is 0. The zero-order valence-electron chi connectivity index (χ0n) is 15.8. The molecule has 2 N–H and O–H groups in total. The first-order valence-electron chi connectivity index (χ1n) is 9.43. The van der Waals surface area contributed by atoms with E-state index in [4.69, 9.17) is 4.74 Å². The van der Waals surface area contributed by atoms with Gasteiger partial charge in [0.15, 0.2) is 0 Å². The van der Waals surface area contributed by atoms with E-state index in [2.05, 4.69) is 15.6 Å². The molecule has 0 bridgehead atoms. The fourth-order valence-corrected chi connectivity index (χ4v) is 4.31. The minimum absolute atomic E-state index is 0.0388. The van der Waals surface area contributed by atoms with Crippen LogP contribution in [0.3, 0.4) is 0 Å². The zero-order chi connectivity index (χ0) is 19.9. The number of benzene rings is 1. The first-order valence-corrected chi connectivity index (χ1v) is 9.43. The maximum absolute atomic E-state index is 13.9. The Bertz CT molecular complexity index is 871. The molecular weight excluding hydrogens is 369 g/mol. The standard InChI is InChI=1S/C20H23F3N4O/c1-3-28-19-16(5-4-7-25-19)26-12-9-13-14-11-24-8-6-17(14)27(2)18(13)15(10-12)20(21,22)23/h4-5,7,9-10,14,17,24,26H,3,6,8,11H2,1-2H3/t14-,17-/m1/s1. The summed E-state index contributed by atoms with van der Waals surface area (Å²) in [5.41, 5.74) is 1.36. The van der Waals surface area contributed by atoms with Gasteiger partial charge in [-0.05, 0) is 49.7 Å². The molecule has 2 aromatic rings. The Balaban J connectivity index is 1.79. The predicted molar refractivity (Wildman–Crippen MR) is 103 cm³/mol. The highest BCUT2D eigenvalue weighted by Gasteiger charge is 2.45. The summed E-state index contributed by atoms with van der Waals surface area (Å²) in [6.45, 7) is 3.75. The fraction of sp³-hybridized carbons (Fsp3) is 0.450. The average molecular weight is 392 g/mol. The maximum atomic E-state index is 13.9. The summed E-state index contributed by atoms with van der Waals surface area (Å²) in [4.78, 5) is 5.97. The monoisotopic (exact) mass is 392 g/mol. The van der Waals surface area contributed by atoms with Crippen molar-refractivity contribution in [3.63, 3.8) is 0 Å². The quantitative estimate of drug-likeness (QED) is 0.819. The van der Waals surface area contributed by atoms with Gasteiger partial charge in [0.1, 0.15) is 5.69 Å². The van der Waals surface area contributed by atoms with Crippen LogP contribution in [0.2, 0.25) is 0 Å². The lowest BCUT2D eigenvalue weighted by Crippen LogP contribution is -2.42. The van der Waals surface area contributed by atoms with Gasteiger partial charge in [-0.3, -0.25) is 0 Å². The lowest BCUT2D eigenvalue weighted by atomic mass is 9.89. The van der Waals surface area contributed by atoms with Crippen molar-refractivity contribution in [3.05, 3.63) is 41.6 Å². The summed E-state index contributed by atoms with van der Waals surface area (Å²) in [7, 11) is 1.77. The third-order valence-corrected chi connectivity index (χ3v) is 5.47. The van der Waals surface area contributed by atoms with Crippen molar-refractivity contribution in [1.29, 1.82) is 0 Å². The van der Waals surface area contributed by atoms with Gasteiger partial charge in [-0.2, -0.15) is 13.2 Å². The van der Waals surface area contributed by atoms with Crippen LogP contribution in [0.4, 0.5) is 30.2 Å². The zero-order valence-corrected chi connectivity index (χ0v) is 15.8. The van der Waals surface area contributed by atoms with Crippen molar-refractivity contribution in [2.75, 3.05) is 37.0 Å². The van der Waals surface area contributed by atoms with Gasteiger partial charge >= 0.3 is 6.18 Å². The molecule has 1 aromatic carbocycles. The fourth-order valence-electron chi connectivity index (χ4n) is 4.31. The number of ether oxygens (including phenoxy) is 1. The van der Waals surface area contributed by atoms with E-state index in [1.165, 1.54) is 6.07 Å². The second-order valence-corrected chi connectivity index (χ2v) is 7.15. The number of alkyl halides is 3. The predicted octanol–water partition coefficient (Wildman–Crippen LogP) is 4.14. The van der Waals surface area contributed by atoms with Gasteiger partial charge in [0, 0.05) is 37.4 Å². The molecular formula is C20H23F3N4O. The van der Waals surface area contributed by atoms with E-state index in [0.717, 1.165) is 18.5 Å². The van der Waals surface area contributed by atoms with Crippen LogP contribution in [0.25, 0.3) is 0 Å². The van der Waals surface area contributed by atoms with Crippen molar-refractivity contribution in [2.24, 2.45) is 0 Å². The van der Waals surface area contributed by atoms with E-state index in [-0.39, 0.29) is 12.0 Å². The van der Waals surface area contributed by atoms with Crippen LogP contribution >= 0.6 is 0 Å². The van der Waals surface area contributed by atoms with E-state index in [1.54, 1.807) is 25.4 Å². The van der Waals surface area contributed by atoms with E-state index in [0.29, 0.717) is 36.1 Å². The summed E-state index contributed by atoms with van der Waals surface area (Å²) in [5.74, 6) is 0.408. The van der Waals surface area contributed by atoms with Gasteiger partial charge in [-0.1, -0.05) is 0 Å². The lowest BCUT2D eigenvalue weighted by molar-refractivity contribution is -0.137. The van der Waals surface area contributed by atoms with Crippen molar-refractivity contribution in [3.8, 4) is 5.88 Å². The number of piperidine rings is 1. The Morgan fingerprint density at radius 3 is 2.93 bits per heavy atom. The molecule has 0 aliphatic carbocycles. The Morgan fingerprint density at radius 2 is 2.18 bits per heavy atom. The molecule has 0 radical (unpaired) electrons. The molecule has 1 aromatic heterocycles. The van der Waals surface area contributed by atoms with Crippen molar-refractivity contribution in [2.45, 2.75) is 31.5 Å². The largest absolute Gasteiger partial charge is 0.476 e. The number of fused-ring (bicyclic) bond motifs is 3. The summed E-state index contributed by atoms with van der Waals surface area (Å²) < 4.78 is 47.2. The SMILES string of the molecule is CCOc1ncccc1Nc1cc2c(c(C(F)(F)F)c1)N(C)[C@@H]1CCNC[C@H]21. The summed E-state index contributed by atoms with van der Waals surface area (Å²) in [6, 6.07) is 6.57.